The summed E-state index contributed by atoms with van der Waals surface area (Å²) in [5.74, 6) is 0.0864. The SMILES string of the molecule is Cc1ccc2nc(N3C(=O)C(=O)/C(=C(/O)c4ccc5c(c4)OCO5)C3c3ccc(C)o3)[nH]c2c1. The molecule has 1 fully saturated rings. The number of aromatic nitrogens is 2. The van der Waals surface area contributed by atoms with Gasteiger partial charge in [-0.1, -0.05) is 6.07 Å². The van der Waals surface area contributed by atoms with Gasteiger partial charge >= 0.3 is 5.91 Å². The molecule has 9 nitrogen and oxygen atoms in total. The standard InChI is InChI=1S/C25H19N3O6/c1-12-3-6-15-16(9-12)27-25(26-15)28-21(18-7-4-13(2)34-18)20(23(30)24(28)31)22(29)14-5-8-17-19(10-14)33-11-32-17/h3-10,21,29H,11H2,1-2H3,(H,26,27)/b22-20+. The number of nitrogens with zero attached hydrogens (tertiary/aromatic N) is 2. The number of hydrogen-bond donors (Lipinski definition) is 2. The van der Waals surface area contributed by atoms with Crippen molar-refractivity contribution in [3.05, 3.63) is 76.8 Å². The molecular weight excluding hydrogens is 438 g/mol. The third kappa shape index (κ3) is 2.97. The van der Waals surface area contributed by atoms with Crippen LogP contribution in [0.3, 0.4) is 0 Å². The van der Waals surface area contributed by atoms with Gasteiger partial charge in [-0.05, 0) is 61.9 Å². The molecule has 0 aliphatic carbocycles. The molecule has 0 radical (unpaired) electrons. The third-order valence-electron chi connectivity index (χ3n) is 5.97. The van der Waals surface area contributed by atoms with Crippen molar-refractivity contribution in [2.45, 2.75) is 19.9 Å². The van der Waals surface area contributed by atoms with Crippen LogP contribution >= 0.6 is 0 Å². The molecule has 0 bridgehead atoms. The van der Waals surface area contributed by atoms with Crippen molar-refractivity contribution in [3.63, 3.8) is 0 Å². The Labute approximate surface area is 193 Å². The van der Waals surface area contributed by atoms with Gasteiger partial charge in [0, 0.05) is 5.56 Å². The van der Waals surface area contributed by atoms with Gasteiger partial charge < -0.3 is 24.0 Å². The van der Waals surface area contributed by atoms with Crippen LogP contribution in [0, 0.1) is 13.8 Å². The van der Waals surface area contributed by atoms with Crippen molar-refractivity contribution in [2.24, 2.45) is 0 Å². The molecule has 2 aromatic heterocycles. The second-order valence-electron chi connectivity index (χ2n) is 8.27. The van der Waals surface area contributed by atoms with Crippen molar-refractivity contribution in [1.29, 1.82) is 0 Å². The first-order valence-corrected chi connectivity index (χ1v) is 10.6. The van der Waals surface area contributed by atoms with Gasteiger partial charge in [-0.15, -0.1) is 0 Å². The molecule has 2 N–H and O–H groups in total. The Kier molecular flexibility index (Phi) is 4.28. The van der Waals surface area contributed by atoms with Crippen LogP contribution < -0.4 is 14.4 Å². The molecule has 0 saturated carbocycles. The Morgan fingerprint density at radius 2 is 1.88 bits per heavy atom. The molecule has 9 heteroatoms. The summed E-state index contributed by atoms with van der Waals surface area (Å²) in [4.78, 5) is 35.4. The fourth-order valence-electron chi connectivity index (χ4n) is 4.34. The predicted octanol–water partition coefficient (Wildman–Crippen LogP) is 4.13. The summed E-state index contributed by atoms with van der Waals surface area (Å²) in [5, 5.41) is 11.2. The molecule has 2 aliphatic rings. The lowest BCUT2D eigenvalue weighted by atomic mass is 9.99. The fourth-order valence-corrected chi connectivity index (χ4v) is 4.34. The van der Waals surface area contributed by atoms with Crippen molar-refractivity contribution in [1.82, 2.24) is 9.97 Å². The van der Waals surface area contributed by atoms with E-state index in [1.807, 2.05) is 25.1 Å². The van der Waals surface area contributed by atoms with E-state index in [0.29, 0.717) is 34.1 Å². The minimum Gasteiger partial charge on any atom is -0.507 e. The number of fused-ring (bicyclic) bond motifs is 2. The van der Waals surface area contributed by atoms with Crippen LogP contribution in [0.15, 0.2) is 58.5 Å². The number of rotatable bonds is 3. The third-order valence-corrected chi connectivity index (χ3v) is 5.97. The monoisotopic (exact) mass is 457 g/mol. The molecule has 4 aromatic rings. The average molecular weight is 457 g/mol. The number of hydrogen-bond acceptors (Lipinski definition) is 7. The summed E-state index contributed by atoms with van der Waals surface area (Å²) < 4.78 is 16.5. The summed E-state index contributed by atoms with van der Waals surface area (Å²) in [5.41, 5.74) is 2.60. The normalized spacial score (nSPS) is 18.9. The molecule has 170 valence electrons. The quantitative estimate of drug-likeness (QED) is 0.270. The van der Waals surface area contributed by atoms with E-state index in [-0.39, 0.29) is 24.1 Å². The first kappa shape index (κ1) is 20.1. The number of amides is 1. The highest BCUT2D eigenvalue weighted by molar-refractivity contribution is 6.51. The number of aliphatic hydroxyl groups excluding tert-OH is 1. The number of benzene rings is 2. The highest BCUT2D eigenvalue weighted by Crippen LogP contribution is 2.43. The summed E-state index contributed by atoms with van der Waals surface area (Å²) >= 11 is 0. The van der Waals surface area contributed by atoms with Gasteiger partial charge in [-0.25, -0.2) is 4.98 Å². The largest absolute Gasteiger partial charge is 0.507 e. The van der Waals surface area contributed by atoms with Crippen molar-refractivity contribution in [3.8, 4) is 11.5 Å². The van der Waals surface area contributed by atoms with Gasteiger partial charge in [0.05, 0.1) is 16.6 Å². The van der Waals surface area contributed by atoms with Crippen LogP contribution in [-0.4, -0.2) is 33.6 Å². The number of aromatic amines is 1. The number of ether oxygens (including phenoxy) is 2. The lowest BCUT2D eigenvalue weighted by Crippen LogP contribution is -2.30. The molecule has 6 rings (SSSR count). The lowest BCUT2D eigenvalue weighted by molar-refractivity contribution is -0.132. The second kappa shape index (κ2) is 7.24. The zero-order valence-corrected chi connectivity index (χ0v) is 18.3. The number of carbonyl (C=O) groups is 2. The number of carbonyl (C=O) groups excluding carboxylic acids is 2. The van der Waals surface area contributed by atoms with Crippen molar-refractivity contribution >= 4 is 34.4 Å². The number of nitrogens with one attached hydrogen (secondary N) is 1. The Morgan fingerprint density at radius 1 is 1.06 bits per heavy atom. The number of aliphatic hydroxyl groups is 1. The van der Waals surface area contributed by atoms with Gasteiger partial charge in [-0.3, -0.25) is 14.5 Å². The topological polar surface area (TPSA) is 118 Å². The molecule has 0 spiro atoms. The summed E-state index contributed by atoms with van der Waals surface area (Å²) in [7, 11) is 0. The molecule has 2 aliphatic heterocycles. The van der Waals surface area contributed by atoms with Gasteiger partial charge in [0.1, 0.15) is 23.3 Å². The van der Waals surface area contributed by atoms with Gasteiger partial charge in [0.15, 0.2) is 11.5 Å². The van der Waals surface area contributed by atoms with Crippen LogP contribution in [0.5, 0.6) is 11.5 Å². The van der Waals surface area contributed by atoms with E-state index in [4.69, 9.17) is 13.9 Å². The van der Waals surface area contributed by atoms with E-state index in [0.717, 1.165) is 11.1 Å². The van der Waals surface area contributed by atoms with Crippen LogP contribution in [0.1, 0.15) is 28.7 Å². The summed E-state index contributed by atoms with van der Waals surface area (Å²) in [6, 6.07) is 12.9. The molecular formula is C25H19N3O6. The molecule has 4 heterocycles. The van der Waals surface area contributed by atoms with Gasteiger partial charge in [-0.2, -0.15) is 0 Å². The van der Waals surface area contributed by atoms with Gasteiger partial charge in [0.25, 0.3) is 5.78 Å². The van der Waals surface area contributed by atoms with Crippen LogP contribution in [0.2, 0.25) is 0 Å². The predicted molar refractivity (Wildman–Crippen MR) is 122 cm³/mol. The lowest BCUT2D eigenvalue weighted by Gasteiger charge is -2.20. The molecule has 2 aromatic carbocycles. The van der Waals surface area contributed by atoms with E-state index >= 15 is 0 Å². The zero-order valence-electron chi connectivity index (χ0n) is 18.3. The van der Waals surface area contributed by atoms with Crippen LogP contribution in [0.4, 0.5) is 5.95 Å². The molecule has 1 amide bonds. The number of ketones is 1. The first-order chi connectivity index (χ1) is 16.4. The Morgan fingerprint density at radius 3 is 2.68 bits per heavy atom. The van der Waals surface area contributed by atoms with Crippen LogP contribution in [0.25, 0.3) is 16.8 Å². The fraction of sp³-hybridized carbons (Fsp3) is 0.160. The van der Waals surface area contributed by atoms with E-state index in [9.17, 15) is 14.7 Å². The van der Waals surface area contributed by atoms with E-state index < -0.39 is 17.7 Å². The van der Waals surface area contributed by atoms with E-state index in [1.165, 1.54) is 4.90 Å². The molecule has 1 saturated heterocycles. The minimum absolute atomic E-state index is 0.0706. The number of imidazole rings is 1. The first-order valence-electron chi connectivity index (χ1n) is 10.6. The number of Topliss-reactive ketones (excluding diaryl/α,β-unsaturated/α-hetero) is 1. The van der Waals surface area contributed by atoms with Crippen LogP contribution in [-0.2, 0) is 9.59 Å². The van der Waals surface area contributed by atoms with E-state index in [1.54, 1.807) is 37.3 Å². The maximum absolute atomic E-state index is 13.3. The van der Waals surface area contributed by atoms with E-state index in [2.05, 4.69) is 9.97 Å². The molecule has 34 heavy (non-hydrogen) atoms. The Bertz CT molecular complexity index is 1530. The molecule has 1 atom stereocenters. The average Bonchev–Trinajstić information content (AvgIpc) is 3.59. The minimum atomic E-state index is -1.01. The second-order valence-corrected chi connectivity index (χ2v) is 8.27. The van der Waals surface area contributed by atoms with Gasteiger partial charge in [0.2, 0.25) is 12.7 Å². The Balaban J connectivity index is 1.54. The maximum atomic E-state index is 13.3. The maximum Gasteiger partial charge on any atom is 0.302 e. The Hall–Kier alpha value is -4.53. The number of furan rings is 1. The van der Waals surface area contributed by atoms with Crippen molar-refractivity contribution < 1.29 is 28.6 Å². The molecule has 1 unspecified atom stereocenters. The number of anilines is 1. The highest BCUT2D eigenvalue weighted by Gasteiger charge is 2.49. The highest BCUT2D eigenvalue weighted by atomic mass is 16.7. The van der Waals surface area contributed by atoms with Crippen molar-refractivity contribution in [2.75, 3.05) is 11.7 Å². The zero-order chi connectivity index (χ0) is 23.6. The number of aryl methyl sites for hydroxylation is 2. The number of H-pyrrole nitrogens is 1. The smallest absolute Gasteiger partial charge is 0.302 e. The summed E-state index contributed by atoms with van der Waals surface area (Å²) in [6.07, 6.45) is 0. The summed E-state index contributed by atoms with van der Waals surface area (Å²) in [6.45, 7) is 3.78.